The second-order valence-electron chi connectivity index (χ2n) is 8.61. The Labute approximate surface area is 126 Å². The van der Waals surface area contributed by atoms with Crippen molar-refractivity contribution in [2.75, 3.05) is 6.61 Å². The lowest BCUT2D eigenvalue weighted by molar-refractivity contribution is -0.171. The molecule has 5 aliphatic rings. The van der Waals surface area contributed by atoms with Crippen LogP contribution in [-0.4, -0.2) is 29.2 Å². The molecule has 0 amide bonds. The fraction of sp³-hybridized carbons (Fsp3) is 0.889. The van der Waals surface area contributed by atoms with Gasteiger partial charge in [0.05, 0.1) is 12.7 Å². The van der Waals surface area contributed by atoms with Gasteiger partial charge in [0, 0.05) is 11.8 Å². The van der Waals surface area contributed by atoms with Crippen molar-refractivity contribution in [3.63, 3.8) is 0 Å². The van der Waals surface area contributed by atoms with Gasteiger partial charge in [-0.3, -0.25) is 0 Å². The highest BCUT2D eigenvalue weighted by atomic mass is 16.6. The van der Waals surface area contributed by atoms with Crippen molar-refractivity contribution in [2.24, 2.45) is 34.5 Å². The number of hydrogen-bond donors (Lipinski definition) is 2. The standard InChI is InChI=1S/C18H26O3/c1-17-9-21-15(20)7-11(17)6-14(19)16-12(17)4-5-18-8-10(18)2-3-13(16)18/h6,10,12-16,19-20H,2-5,7-9H2,1H3/t10?,12?,13?,14?,15-,16?,17-,18-/m0/s1. The van der Waals surface area contributed by atoms with Crippen molar-refractivity contribution in [1.29, 1.82) is 0 Å². The molecule has 5 rings (SSSR count). The average Bonchev–Trinajstić information content (AvgIpc) is 3.03. The minimum absolute atomic E-state index is 0.0394. The smallest absolute Gasteiger partial charge is 0.158 e. The molecule has 1 heterocycles. The zero-order valence-corrected chi connectivity index (χ0v) is 12.8. The largest absolute Gasteiger partial charge is 0.389 e. The van der Waals surface area contributed by atoms with E-state index in [9.17, 15) is 10.2 Å². The van der Waals surface area contributed by atoms with Gasteiger partial charge in [-0.1, -0.05) is 18.6 Å². The molecule has 1 saturated heterocycles. The lowest BCUT2D eigenvalue weighted by atomic mass is 9.51. The minimum Gasteiger partial charge on any atom is -0.389 e. The van der Waals surface area contributed by atoms with Crippen LogP contribution in [0.5, 0.6) is 0 Å². The number of aliphatic hydroxyl groups excluding tert-OH is 2. The molecule has 1 spiro atoms. The summed E-state index contributed by atoms with van der Waals surface area (Å²) in [7, 11) is 0. The Kier molecular flexibility index (Phi) is 2.45. The summed E-state index contributed by atoms with van der Waals surface area (Å²) in [6, 6.07) is 0. The topological polar surface area (TPSA) is 49.7 Å². The van der Waals surface area contributed by atoms with Gasteiger partial charge in [-0.05, 0) is 61.2 Å². The van der Waals surface area contributed by atoms with Gasteiger partial charge in [0.15, 0.2) is 6.29 Å². The molecule has 3 heteroatoms. The third-order valence-electron chi connectivity index (χ3n) is 7.98. The van der Waals surface area contributed by atoms with E-state index in [-0.39, 0.29) is 11.5 Å². The maximum Gasteiger partial charge on any atom is 0.158 e. The number of fused-ring (bicyclic) bond motifs is 4. The van der Waals surface area contributed by atoms with Crippen molar-refractivity contribution in [3.8, 4) is 0 Å². The van der Waals surface area contributed by atoms with E-state index in [0.717, 1.165) is 11.8 Å². The van der Waals surface area contributed by atoms with Crippen molar-refractivity contribution >= 4 is 0 Å². The van der Waals surface area contributed by atoms with Crippen LogP contribution in [0, 0.1) is 34.5 Å². The molecular weight excluding hydrogens is 264 g/mol. The van der Waals surface area contributed by atoms with Gasteiger partial charge in [-0.2, -0.15) is 0 Å². The summed E-state index contributed by atoms with van der Waals surface area (Å²) < 4.78 is 5.61. The van der Waals surface area contributed by atoms with Crippen LogP contribution in [-0.2, 0) is 4.74 Å². The van der Waals surface area contributed by atoms with Gasteiger partial charge in [0.1, 0.15) is 0 Å². The fourth-order valence-electron chi connectivity index (χ4n) is 6.86. The predicted octanol–water partition coefficient (Wildman–Crippen LogP) is 2.47. The molecular formula is C18H26O3. The average molecular weight is 290 g/mol. The lowest BCUT2D eigenvalue weighted by Gasteiger charge is -2.56. The van der Waals surface area contributed by atoms with Gasteiger partial charge in [0.25, 0.3) is 0 Å². The van der Waals surface area contributed by atoms with E-state index < -0.39 is 6.29 Å². The fourth-order valence-corrected chi connectivity index (χ4v) is 6.86. The molecule has 0 bridgehead atoms. The quantitative estimate of drug-likeness (QED) is 0.674. The molecule has 0 radical (unpaired) electrons. The molecule has 0 aromatic carbocycles. The van der Waals surface area contributed by atoms with Gasteiger partial charge in [0.2, 0.25) is 0 Å². The van der Waals surface area contributed by atoms with Crippen molar-refractivity contribution in [3.05, 3.63) is 11.6 Å². The summed E-state index contributed by atoms with van der Waals surface area (Å²) in [5.41, 5.74) is 1.90. The first-order valence-corrected chi connectivity index (χ1v) is 8.73. The van der Waals surface area contributed by atoms with Crippen molar-refractivity contribution in [2.45, 2.75) is 57.8 Å². The molecule has 8 atom stereocenters. The van der Waals surface area contributed by atoms with Crippen LogP contribution >= 0.6 is 0 Å². The van der Waals surface area contributed by atoms with Gasteiger partial charge in [-0.15, -0.1) is 0 Å². The number of rotatable bonds is 0. The Hall–Kier alpha value is -0.380. The molecule has 2 N–H and O–H groups in total. The zero-order chi connectivity index (χ0) is 14.4. The lowest BCUT2D eigenvalue weighted by Crippen LogP contribution is -2.54. The monoisotopic (exact) mass is 290 g/mol. The highest BCUT2D eigenvalue weighted by Gasteiger charge is 2.69. The van der Waals surface area contributed by atoms with E-state index in [0.29, 0.717) is 30.3 Å². The van der Waals surface area contributed by atoms with Gasteiger partial charge in [-0.25, -0.2) is 0 Å². The van der Waals surface area contributed by atoms with Crippen LogP contribution in [0.15, 0.2) is 11.6 Å². The Morgan fingerprint density at radius 3 is 2.86 bits per heavy atom. The van der Waals surface area contributed by atoms with E-state index in [1.165, 1.54) is 37.7 Å². The molecule has 21 heavy (non-hydrogen) atoms. The summed E-state index contributed by atoms with van der Waals surface area (Å²) in [5.74, 6) is 2.67. The molecule has 4 aliphatic carbocycles. The van der Waals surface area contributed by atoms with Crippen LogP contribution < -0.4 is 0 Å². The highest BCUT2D eigenvalue weighted by Crippen LogP contribution is 2.75. The highest BCUT2D eigenvalue weighted by molar-refractivity contribution is 5.29. The molecule has 3 nitrogen and oxygen atoms in total. The first-order valence-electron chi connectivity index (χ1n) is 8.73. The molecule has 0 aromatic rings. The van der Waals surface area contributed by atoms with E-state index in [4.69, 9.17) is 4.74 Å². The molecule has 1 aliphatic heterocycles. The van der Waals surface area contributed by atoms with Crippen LogP contribution in [0.3, 0.4) is 0 Å². The maximum atomic E-state index is 10.8. The Balaban J connectivity index is 1.55. The third kappa shape index (κ3) is 1.50. The minimum atomic E-state index is -0.678. The predicted molar refractivity (Wildman–Crippen MR) is 78.3 cm³/mol. The van der Waals surface area contributed by atoms with Crippen molar-refractivity contribution < 1.29 is 14.9 Å². The summed E-state index contributed by atoms with van der Waals surface area (Å²) in [4.78, 5) is 0. The maximum absolute atomic E-state index is 10.8. The van der Waals surface area contributed by atoms with Crippen LogP contribution in [0.25, 0.3) is 0 Å². The number of ether oxygens (including phenoxy) is 1. The van der Waals surface area contributed by atoms with E-state index in [1.54, 1.807) is 0 Å². The Bertz CT molecular complexity index is 515. The summed E-state index contributed by atoms with van der Waals surface area (Å²) in [6.07, 6.45) is 8.43. The van der Waals surface area contributed by atoms with Gasteiger partial charge < -0.3 is 14.9 Å². The molecule has 4 fully saturated rings. The van der Waals surface area contributed by atoms with E-state index in [2.05, 4.69) is 13.0 Å². The molecule has 0 aromatic heterocycles. The van der Waals surface area contributed by atoms with Crippen LogP contribution in [0.4, 0.5) is 0 Å². The third-order valence-corrected chi connectivity index (χ3v) is 7.98. The van der Waals surface area contributed by atoms with Crippen LogP contribution in [0.2, 0.25) is 0 Å². The second kappa shape index (κ2) is 3.93. The zero-order valence-electron chi connectivity index (χ0n) is 12.8. The van der Waals surface area contributed by atoms with E-state index >= 15 is 0 Å². The Morgan fingerprint density at radius 2 is 2.05 bits per heavy atom. The second-order valence-corrected chi connectivity index (χ2v) is 8.61. The molecule has 3 saturated carbocycles. The SMILES string of the molecule is C[C@]12CO[C@H](O)CC1=CC(O)C1C3CCC4C[C@@]43CCC12. The molecule has 116 valence electrons. The Morgan fingerprint density at radius 1 is 1.19 bits per heavy atom. The number of aliphatic hydroxyl groups is 2. The van der Waals surface area contributed by atoms with Gasteiger partial charge >= 0.3 is 0 Å². The summed E-state index contributed by atoms with van der Waals surface area (Å²) in [5, 5.41) is 20.6. The first-order chi connectivity index (χ1) is 10.0. The van der Waals surface area contributed by atoms with Crippen molar-refractivity contribution in [1.82, 2.24) is 0 Å². The van der Waals surface area contributed by atoms with Crippen LogP contribution in [0.1, 0.15) is 45.4 Å². The number of hydrogen-bond acceptors (Lipinski definition) is 3. The summed E-state index contributed by atoms with van der Waals surface area (Å²) >= 11 is 0. The first kappa shape index (κ1) is 13.1. The molecule has 5 unspecified atom stereocenters. The van der Waals surface area contributed by atoms with E-state index in [1.807, 2.05) is 0 Å². The summed E-state index contributed by atoms with van der Waals surface area (Å²) in [6.45, 7) is 2.93. The normalized spacial score (nSPS) is 61.2.